The van der Waals surface area contributed by atoms with E-state index in [2.05, 4.69) is 21.4 Å². The number of nitrogens with one attached hydrogen (secondary N) is 4. The molecule has 9 nitrogen and oxygen atoms in total. The summed E-state index contributed by atoms with van der Waals surface area (Å²) in [5.41, 5.74) is 1.83. The molecular weight excluding hydrogens is 441 g/mol. The van der Waals surface area contributed by atoms with E-state index in [1.165, 1.54) is 12.1 Å². The largest absolute Gasteiger partial charge is 0.484 e. The standard InChI is InChI=1S/C21H29ClFN5O4/c1-12-24-18(27-28(12)2)19(31)26-20-5-7-21(8-6-20,16(29)10-20)25-17(30)11-32-13-3-4-14(22)15(23)9-13/h3-4,9,12,16,18,24,27,29H,5-8,10-11H2,1-2H3,(H,25,30)(H,26,31). The summed E-state index contributed by atoms with van der Waals surface area (Å²) in [7, 11) is 1.86. The predicted octanol–water partition coefficient (Wildman–Crippen LogP) is 0.618. The summed E-state index contributed by atoms with van der Waals surface area (Å²) in [6.45, 7) is 1.65. The fourth-order valence-electron chi connectivity index (χ4n) is 4.86. The van der Waals surface area contributed by atoms with Crippen LogP contribution in [-0.4, -0.2) is 65.1 Å². The number of aliphatic hydroxyl groups is 1. The number of carbonyl (C=O) groups excluding carboxylic acids is 2. The van der Waals surface area contributed by atoms with Gasteiger partial charge in [-0.25, -0.2) is 14.8 Å². The van der Waals surface area contributed by atoms with Crippen molar-refractivity contribution in [1.82, 2.24) is 26.4 Å². The number of amides is 2. The summed E-state index contributed by atoms with van der Waals surface area (Å²) in [6.07, 6.45) is 1.45. The number of hydrazine groups is 1. The lowest BCUT2D eigenvalue weighted by molar-refractivity contribution is -0.137. The Morgan fingerprint density at radius 3 is 2.62 bits per heavy atom. The van der Waals surface area contributed by atoms with Gasteiger partial charge in [0.15, 0.2) is 12.8 Å². The second kappa shape index (κ2) is 8.75. The van der Waals surface area contributed by atoms with Crippen molar-refractivity contribution < 1.29 is 23.8 Å². The molecule has 1 aromatic carbocycles. The SMILES string of the molecule is CC1NC(C(=O)NC23CCC(NC(=O)COc4ccc(Cl)c(F)c4)(CC2)C(O)C3)NN1C. The van der Waals surface area contributed by atoms with Gasteiger partial charge in [-0.1, -0.05) is 11.6 Å². The molecule has 32 heavy (non-hydrogen) atoms. The van der Waals surface area contributed by atoms with Gasteiger partial charge in [-0.3, -0.25) is 14.9 Å². The molecule has 1 aromatic rings. The van der Waals surface area contributed by atoms with Crippen LogP contribution in [0.5, 0.6) is 5.75 Å². The van der Waals surface area contributed by atoms with Crippen molar-refractivity contribution in [2.24, 2.45) is 0 Å². The fourth-order valence-corrected chi connectivity index (χ4v) is 4.98. The highest BCUT2D eigenvalue weighted by molar-refractivity contribution is 6.30. The van der Waals surface area contributed by atoms with E-state index in [-0.39, 0.29) is 29.5 Å². The average Bonchev–Trinajstić information content (AvgIpc) is 3.09. The molecule has 3 atom stereocenters. The molecule has 3 saturated carbocycles. The lowest BCUT2D eigenvalue weighted by Crippen LogP contribution is -2.71. The quantitative estimate of drug-likeness (QED) is 0.415. The number of halogens is 2. The number of fused-ring (bicyclic) bond motifs is 3. The first-order chi connectivity index (χ1) is 15.1. The number of ether oxygens (including phenoxy) is 1. The Balaban J connectivity index is 1.31. The number of benzene rings is 1. The molecule has 1 saturated heterocycles. The maximum Gasteiger partial charge on any atom is 0.258 e. The molecule has 5 N–H and O–H groups in total. The molecule has 0 radical (unpaired) electrons. The van der Waals surface area contributed by atoms with E-state index in [1.807, 2.05) is 19.0 Å². The van der Waals surface area contributed by atoms with Gasteiger partial charge in [-0.15, -0.1) is 0 Å². The zero-order chi connectivity index (χ0) is 23.1. The molecule has 2 bridgehead atoms. The van der Waals surface area contributed by atoms with Crippen molar-refractivity contribution in [2.75, 3.05) is 13.7 Å². The third-order valence-electron chi connectivity index (χ3n) is 6.94. The van der Waals surface area contributed by atoms with Gasteiger partial charge in [0.05, 0.1) is 22.8 Å². The van der Waals surface area contributed by atoms with Gasteiger partial charge in [-0.05, 0) is 51.2 Å². The number of rotatable bonds is 6. The minimum Gasteiger partial charge on any atom is -0.484 e. The molecule has 0 aromatic heterocycles. The van der Waals surface area contributed by atoms with Crippen molar-refractivity contribution >= 4 is 23.4 Å². The Labute approximate surface area is 191 Å². The van der Waals surface area contributed by atoms with Crippen LogP contribution in [0.2, 0.25) is 5.02 Å². The van der Waals surface area contributed by atoms with E-state index in [1.54, 1.807) is 0 Å². The highest BCUT2D eigenvalue weighted by atomic mass is 35.5. The van der Waals surface area contributed by atoms with E-state index in [9.17, 15) is 19.1 Å². The Bertz CT molecular complexity index is 885. The maximum atomic E-state index is 13.5. The smallest absolute Gasteiger partial charge is 0.258 e. The third kappa shape index (κ3) is 4.55. The first-order valence-electron chi connectivity index (χ1n) is 10.8. The number of aliphatic hydroxyl groups excluding tert-OH is 1. The van der Waals surface area contributed by atoms with Gasteiger partial charge < -0.3 is 20.5 Å². The first kappa shape index (κ1) is 23.2. The maximum absolute atomic E-state index is 13.5. The molecule has 3 aliphatic carbocycles. The average molecular weight is 470 g/mol. The van der Waals surface area contributed by atoms with Crippen LogP contribution in [0.1, 0.15) is 39.0 Å². The van der Waals surface area contributed by atoms with Crippen molar-refractivity contribution in [1.29, 1.82) is 0 Å². The summed E-state index contributed by atoms with van der Waals surface area (Å²) in [6, 6.07) is 3.96. The molecule has 4 fully saturated rings. The van der Waals surface area contributed by atoms with Crippen LogP contribution < -0.4 is 26.1 Å². The minimum absolute atomic E-state index is 0.0233. The van der Waals surface area contributed by atoms with Gasteiger partial charge in [0.2, 0.25) is 0 Å². The van der Waals surface area contributed by atoms with E-state index in [0.29, 0.717) is 32.1 Å². The third-order valence-corrected chi connectivity index (χ3v) is 7.25. The molecule has 4 aliphatic rings. The number of carbonyl (C=O) groups is 2. The second-order valence-electron chi connectivity index (χ2n) is 9.07. The van der Waals surface area contributed by atoms with Gasteiger partial charge in [-0.2, -0.15) is 0 Å². The van der Waals surface area contributed by atoms with E-state index in [4.69, 9.17) is 16.3 Å². The molecule has 11 heteroatoms. The van der Waals surface area contributed by atoms with Crippen molar-refractivity contribution in [3.8, 4) is 5.75 Å². The molecular formula is C21H29ClFN5O4. The lowest BCUT2D eigenvalue weighted by atomic mass is 9.60. The molecule has 2 amide bonds. The Hall–Kier alpha value is -1.98. The zero-order valence-corrected chi connectivity index (χ0v) is 18.8. The van der Waals surface area contributed by atoms with Crippen LogP contribution in [0, 0.1) is 5.82 Å². The summed E-state index contributed by atoms with van der Waals surface area (Å²) in [5.74, 6) is -0.978. The van der Waals surface area contributed by atoms with Crippen LogP contribution in [0.25, 0.3) is 0 Å². The fraction of sp³-hybridized carbons (Fsp3) is 0.619. The molecule has 5 rings (SSSR count). The lowest BCUT2D eigenvalue weighted by Gasteiger charge is -2.56. The Morgan fingerprint density at radius 2 is 2.03 bits per heavy atom. The van der Waals surface area contributed by atoms with E-state index < -0.39 is 35.1 Å². The van der Waals surface area contributed by atoms with Gasteiger partial charge in [0.25, 0.3) is 11.8 Å². The summed E-state index contributed by atoms with van der Waals surface area (Å²) in [4.78, 5) is 25.2. The van der Waals surface area contributed by atoms with Crippen LogP contribution >= 0.6 is 11.6 Å². The Kier molecular flexibility index (Phi) is 6.34. The summed E-state index contributed by atoms with van der Waals surface area (Å²) < 4.78 is 18.9. The van der Waals surface area contributed by atoms with Gasteiger partial charge >= 0.3 is 0 Å². The minimum atomic E-state index is -0.798. The van der Waals surface area contributed by atoms with E-state index >= 15 is 0 Å². The molecule has 3 unspecified atom stereocenters. The number of nitrogens with zero attached hydrogens (tertiary/aromatic N) is 1. The van der Waals surface area contributed by atoms with E-state index in [0.717, 1.165) is 6.07 Å². The van der Waals surface area contributed by atoms with Crippen molar-refractivity contribution in [2.45, 2.75) is 68.5 Å². The number of hydrogen-bond acceptors (Lipinski definition) is 7. The van der Waals surface area contributed by atoms with Crippen molar-refractivity contribution in [3.63, 3.8) is 0 Å². The molecule has 176 valence electrons. The Morgan fingerprint density at radius 1 is 1.31 bits per heavy atom. The zero-order valence-electron chi connectivity index (χ0n) is 18.1. The van der Waals surface area contributed by atoms with Crippen LogP contribution in [0.15, 0.2) is 18.2 Å². The predicted molar refractivity (Wildman–Crippen MR) is 115 cm³/mol. The van der Waals surface area contributed by atoms with Crippen LogP contribution in [-0.2, 0) is 9.59 Å². The van der Waals surface area contributed by atoms with Crippen LogP contribution in [0.3, 0.4) is 0 Å². The van der Waals surface area contributed by atoms with Crippen LogP contribution in [0.4, 0.5) is 4.39 Å². The molecule has 1 aliphatic heterocycles. The normalized spacial score (nSPS) is 34.3. The highest BCUT2D eigenvalue weighted by Gasteiger charge is 2.55. The summed E-state index contributed by atoms with van der Waals surface area (Å²) >= 11 is 5.65. The molecule has 0 spiro atoms. The topological polar surface area (TPSA) is 115 Å². The number of hydrogen-bond donors (Lipinski definition) is 5. The first-order valence-corrected chi connectivity index (χ1v) is 11.1. The second-order valence-corrected chi connectivity index (χ2v) is 9.48. The monoisotopic (exact) mass is 469 g/mol. The van der Waals surface area contributed by atoms with Gasteiger partial charge in [0, 0.05) is 18.7 Å². The van der Waals surface area contributed by atoms with Gasteiger partial charge in [0.1, 0.15) is 11.6 Å². The van der Waals surface area contributed by atoms with Crippen molar-refractivity contribution in [3.05, 3.63) is 29.0 Å². The summed E-state index contributed by atoms with van der Waals surface area (Å²) in [5, 5.41) is 21.9. The molecule has 1 heterocycles. The highest BCUT2D eigenvalue weighted by Crippen LogP contribution is 2.47.